The molecular weight excluding hydrogens is 316 g/mol. The smallest absolute Gasteiger partial charge is 0.142 e. The number of hydrogen-bond donors (Lipinski definition) is 0. The van der Waals surface area contributed by atoms with Gasteiger partial charge in [0.15, 0.2) is 0 Å². The van der Waals surface area contributed by atoms with Crippen LogP contribution in [0.25, 0.3) is 10.6 Å². The molecule has 0 aliphatic rings. The molecule has 0 saturated carbocycles. The van der Waals surface area contributed by atoms with E-state index in [-0.39, 0.29) is 0 Å². The van der Waals surface area contributed by atoms with Crippen LogP contribution < -0.4 is 0 Å². The highest BCUT2D eigenvalue weighted by Gasteiger charge is 2.12. The van der Waals surface area contributed by atoms with Crippen LogP contribution in [-0.2, 0) is 0 Å². The number of alkyl halides is 1. The summed E-state index contributed by atoms with van der Waals surface area (Å²) in [6.07, 6.45) is 3.11. The minimum Gasteiger partial charge on any atom is -0.142 e. The number of aromatic nitrogens is 2. The normalized spacial score (nSPS) is 12.6. The number of nitrogens with zero attached hydrogens (tertiary/aromatic N) is 2. The molecule has 90 valence electrons. The van der Waals surface area contributed by atoms with Gasteiger partial charge in [0, 0.05) is 10.5 Å². The Kier molecular flexibility index (Phi) is 4.59. The molecule has 0 fully saturated rings. The molecule has 0 spiro atoms. The maximum atomic E-state index is 4.24. The molecule has 0 radical (unpaired) electrons. The summed E-state index contributed by atoms with van der Waals surface area (Å²) in [6.45, 7) is 2.13. The predicted molar refractivity (Wildman–Crippen MR) is 79.1 cm³/mol. The second kappa shape index (κ2) is 5.98. The number of hydrogen-bond acceptors (Lipinski definition) is 4. The van der Waals surface area contributed by atoms with Gasteiger partial charge in [-0.25, -0.2) is 0 Å². The maximum absolute atomic E-state index is 4.24. The number of rotatable bonds is 4. The summed E-state index contributed by atoms with van der Waals surface area (Å²) in [5, 5.41) is 10.5. The van der Waals surface area contributed by atoms with E-state index in [2.05, 4.69) is 63.6 Å². The molecule has 2 rings (SSSR count). The Morgan fingerprint density at radius 1 is 1.29 bits per heavy atom. The van der Waals surface area contributed by atoms with Crippen LogP contribution in [0.1, 0.15) is 23.2 Å². The van der Waals surface area contributed by atoms with Crippen molar-refractivity contribution in [2.75, 3.05) is 6.26 Å². The van der Waals surface area contributed by atoms with E-state index in [1.165, 1.54) is 4.90 Å². The predicted octanol–water partition coefficient (Wildman–Crippen LogP) is 4.77. The summed E-state index contributed by atoms with van der Waals surface area (Å²) in [6, 6.07) is 8.44. The highest BCUT2D eigenvalue weighted by molar-refractivity contribution is 9.09. The highest BCUT2D eigenvalue weighted by atomic mass is 79.9. The van der Waals surface area contributed by atoms with Gasteiger partial charge in [0.1, 0.15) is 10.0 Å². The van der Waals surface area contributed by atoms with Crippen molar-refractivity contribution in [3.8, 4) is 10.6 Å². The van der Waals surface area contributed by atoms with Gasteiger partial charge in [-0.15, -0.1) is 22.0 Å². The maximum Gasteiger partial charge on any atom is 0.147 e. The molecule has 0 N–H and O–H groups in total. The van der Waals surface area contributed by atoms with Gasteiger partial charge in [0.2, 0.25) is 0 Å². The molecular formula is C12H13BrN2S2. The molecule has 0 saturated heterocycles. The zero-order valence-corrected chi connectivity index (χ0v) is 12.9. The van der Waals surface area contributed by atoms with E-state index >= 15 is 0 Å². The van der Waals surface area contributed by atoms with E-state index in [1.54, 1.807) is 23.1 Å². The summed E-state index contributed by atoms with van der Waals surface area (Å²) in [5.41, 5.74) is 1.14. The van der Waals surface area contributed by atoms with Crippen molar-refractivity contribution in [2.24, 2.45) is 0 Å². The van der Waals surface area contributed by atoms with E-state index < -0.39 is 0 Å². The van der Waals surface area contributed by atoms with Crippen LogP contribution in [-0.4, -0.2) is 16.5 Å². The van der Waals surface area contributed by atoms with Crippen molar-refractivity contribution < 1.29 is 0 Å². The van der Waals surface area contributed by atoms with E-state index in [0.29, 0.717) is 4.83 Å². The molecule has 0 aliphatic carbocycles. The summed E-state index contributed by atoms with van der Waals surface area (Å²) < 4.78 is 0. The first-order valence-electron chi connectivity index (χ1n) is 5.36. The van der Waals surface area contributed by atoms with Gasteiger partial charge in [-0.3, -0.25) is 0 Å². The average Bonchev–Trinajstić information content (AvgIpc) is 2.87. The lowest BCUT2D eigenvalue weighted by Gasteiger charge is -1.99. The molecule has 1 unspecified atom stereocenters. The Bertz CT molecular complexity index is 482. The largest absolute Gasteiger partial charge is 0.147 e. The SMILES string of the molecule is CCC(Br)c1nnc(-c2ccc(SC)cc2)s1. The number of benzene rings is 1. The van der Waals surface area contributed by atoms with Gasteiger partial charge >= 0.3 is 0 Å². The van der Waals surface area contributed by atoms with E-state index in [9.17, 15) is 0 Å². The van der Waals surface area contributed by atoms with Crippen LogP contribution in [0, 0.1) is 0 Å². The van der Waals surface area contributed by atoms with Crippen LogP contribution in [0.4, 0.5) is 0 Å². The van der Waals surface area contributed by atoms with Crippen LogP contribution in [0.2, 0.25) is 0 Å². The molecule has 1 aromatic carbocycles. The molecule has 5 heteroatoms. The fourth-order valence-electron chi connectivity index (χ4n) is 1.39. The summed E-state index contributed by atoms with van der Waals surface area (Å²) in [4.78, 5) is 1.59. The summed E-state index contributed by atoms with van der Waals surface area (Å²) >= 11 is 7.00. The van der Waals surface area contributed by atoms with Gasteiger partial charge in [0.25, 0.3) is 0 Å². The Morgan fingerprint density at radius 2 is 2.00 bits per heavy atom. The quantitative estimate of drug-likeness (QED) is 0.597. The minimum atomic E-state index is 0.319. The number of halogens is 1. The van der Waals surface area contributed by atoms with Crippen LogP contribution in [0.3, 0.4) is 0 Å². The van der Waals surface area contributed by atoms with Gasteiger partial charge in [-0.1, -0.05) is 46.3 Å². The van der Waals surface area contributed by atoms with Crippen molar-refractivity contribution in [1.29, 1.82) is 0 Å². The van der Waals surface area contributed by atoms with Crippen molar-refractivity contribution in [1.82, 2.24) is 10.2 Å². The monoisotopic (exact) mass is 328 g/mol. The third-order valence-electron chi connectivity index (χ3n) is 2.40. The lowest BCUT2D eigenvalue weighted by Crippen LogP contribution is -1.84. The molecule has 2 nitrogen and oxygen atoms in total. The summed E-state index contributed by atoms with van der Waals surface area (Å²) in [7, 11) is 0. The van der Waals surface area contributed by atoms with Crippen molar-refractivity contribution in [3.63, 3.8) is 0 Å². The van der Waals surface area contributed by atoms with Gasteiger partial charge in [0.05, 0.1) is 4.83 Å². The molecule has 17 heavy (non-hydrogen) atoms. The van der Waals surface area contributed by atoms with E-state index in [0.717, 1.165) is 22.0 Å². The Labute approximate surface area is 118 Å². The lowest BCUT2D eigenvalue weighted by atomic mass is 10.2. The molecule has 1 atom stereocenters. The fraction of sp³-hybridized carbons (Fsp3) is 0.333. The van der Waals surface area contributed by atoms with E-state index in [4.69, 9.17) is 0 Å². The minimum absolute atomic E-state index is 0.319. The van der Waals surface area contributed by atoms with Crippen molar-refractivity contribution in [3.05, 3.63) is 29.3 Å². The molecule has 2 aromatic rings. The molecule has 0 amide bonds. The second-order valence-electron chi connectivity index (χ2n) is 3.55. The summed E-state index contributed by atoms with van der Waals surface area (Å²) in [5.74, 6) is 0. The molecule has 0 aliphatic heterocycles. The Morgan fingerprint density at radius 3 is 2.59 bits per heavy atom. The topological polar surface area (TPSA) is 25.8 Å². The average molecular weight is 329 g/mol. The standard InChI is InChI=1S/C12H13BrN2S2/c1-3-10(13)12-15-14-11(17-12)8-4-6-9(16-2)7-5-8/h4-7,10H,3H2,1-2H3. The molecule has 0 bridgehead atoms. The first-order valence-corrected chi connectivity index (χ1v) is 8.32. The third kappa shape index (κ3) is 3.09. The first-order chi connectivity index (χ1) is 8.24. The van der Waals surface area contributed by atoms with Crippen LogP contribution >= 0.6 is 39.0 Å². The third-order valence-corrected chi connectivity index (χ3v) is 5.62. The van der Waals surface area contributed by atoms with Gasteiger partial charge < -0.3 is 0 Å². The van der Waals surface area contributed by atoms with Crippen molar-refractivity contribution in [2.45, 2.75) is 23.1 Å². The zero-order chi connectivity index (χ0) is 12.3. The molecule has 1 heterocycles. The fourth-order valence-corrected chi connectivity index (χ4v) is 3.08. The van der Waals surface area contributed by atoms with Gasteiger partial charge in [-0.2, -0.15) is 0 Å². The highest BCUT2D eigenvalue weighted by Crippen LogP contribution is 2.32. The first kappa shape index (κ1) is 13.1. The Balaban J connectivity index is 2.24. The van der Waals surface area contributed by atoms with Gasteiger partial charge in [-0.05, 0) is 24.8 Å². The lowest BCUT2D eigenvalue weighted by molar-refractivity contribution is 0.870. The molecule has 1 aromatic heterocycles. The van der Waals surface area contributed by atoms with Crippen molar-refractivity contribution >= 4 is 39.0 Å². The van der Waals surface area contributed by atoms with Crippen LogP contribution in [0.15, 0.2) is 29.2 Å². The number of thioether (sulfide) groups is 1. The van der Waals surface area contributed by atoms with E-state index in [1.807, 2.05) is 0 Å². The zero-order valence-electron chi connectivity index (χ0n) is 9.68. The second-order valence-corrected chi connectivity index (χ2v) is 6.54. The van der Waals surface area contributed by atoms with Crippen LogP contribution in [0.5, 0.6) is 0 Å². The Hall–Kier alpha value is -0.390.